The molecule has 0 aliphatic carbocycles. The summed E-state index contributed by atoms with van der Waals surface area (Å²) in [6.45, 7) is 3.21. The van der Waals surface area contributed by atoms with Gasteiger partial charge in [0.2, 0.25) is 5.91 Å². The van der Waals surface area contributed by atoms with Crippen LogP contribution in [0.3, 0.4) is 0 Å². The largest absolute Gasteiger partial charge is 0.351 e. The van der Waals surface area contributed by atoms with Gasteiger partial charge >= 0.3 is 0 Å². The Morgan fingerprint density at radius 2 is 2.12 bits per heavy atom. The number of carbonyl (C=O) groups is 1. The summed E-state index contributed by atoms with van der Waals surface area (Å²) in [5, 5.41) is 14.8. The number of hydrogen-bond donors (Lipinski definition) is 1. The first kappa shape index (κ1) is 18.0. The van der Waals surface area contributed by atoms with Gasteiger partial charge in [-0.2, -0.15) is 0 Å². The lowest BCUT2D eigenvalue weighted by molar-refractivity contribution is -0.118. The van der Waals surface area contributed by atoms with Crippen molar-refractivity contribution < 1.29 is 4.79 Å². The molecule has 25 heavy (non-hydrogen) atoms. The van der Waals surface area contributed by atoms with Gasteiger partial charge in [-0.15, -0.1) is 21.5 Å². The highest BCUT2D eigenvalue weighted by atomic mass is 35.5. The van der Waals surface area contributed by atoms with E-state index in [1.54, 1.807) is 11.3 Å². The van der Waals surface area contributed by atoms with E-state index in [0.29, 0.717) is 11.6 Å². The van der Waals surface area contributed by atoms with E-state index in [-0.39, 0.29) is 11.7 Å². The SMILES string of the molecule is CCn1c(SCC(=O)NCc2ccccc2Cl)nnc1-c1cccs1. The zero-order valence-electron chi connectivity index (χ0n) is 13.6. The summed E-state index contributed by atoms with van der Waals surface area (Å²) in [6.07, 6.45) is 0. The fraction of sp³-hybridized carbons (Fsp3) is 0.235. The van der Waals surface area contributed by atoms with Gasteiger partial charge in [-0.3, -0.25) is 4.79 Å². The average Bonchev–Trinajstić information content (AvgIpc) is 3.28. The maximum atomic E-state index is 12.1. The number of amides is 1. The fourth-order valence-corrected chi connectivity index (χ4v) is 4.04. The van der Waals surface area contributed by atoms with Gasteiger partial charge in [-0.1, -0.05) is 47.6 Å². The van der Waals surface area contributed by atoms with E-state index in [1.807, 2.05) is 53.3 Å². The summed E-state index contributed by atoms with van der Waals surface area (Å²) in [7, 11) is 0. The van der Waals surface area contributed by atoms with E-state index in [4.69, 9.17) is 11.6 Å². The van der Waals surface area contributed by atoms with Crippen molar-refractivity contribution in [2.75, 3.05) is 5.75 Å². The third-order valence-corrected chi connectivity index (χ3v) is 5.74. The van der Waals surface area contributed by atoms with Gasteiger partial charge in [-0.05, 0) is 30.0 Å². The molecule has 130 valence electrons. The van der Waals surface area contributed by atoms with Gasteiger partial charge < -0.3 is 9.88 Å². The Kier molecular flexibility index (Phi) is 6.12. The normalized spacial score (nSPS) is 10.8. The van der Waals surface area contributed by atoms with Crippen LogP contribution in [0.25, 0.3) is 10.7 Å². The Hall–Kier alpha value is -1.83. The first-order chi connectivity index (χ1) is 12.2. The number of nitrogens with zero attached hydrogens (tertiary/aromatic N) is 3. The van der Waals surface area contributed by atoms with Crippen molar-refractivity contribution in [3.8, 4) is 10.7 Å². The van der Waals surface area contributed by atoms with Gasteiger partial charge in [0.05, 0.1) is 10.6 Å². The van der Waals surface area contributed by atoms with Gasteiger partial charge in [0.15, 0.2) is 11.0 Å². The number of halogens is 1. The Bertz CT molecular complexity index is 848. The molecule has 0 spiro atoms. The van der Waals surface area contributed by atoms with Crippen molar-refractivity contribution in [2.24, 2.45) is 0 Å². The predicted molar refractivity (Wildman–Crippen MR) is 103 cm³/mol. The second-order valence-corrected chi connectivity index (χ2v) is 7.48. The number of rotatable bonds is 7. The maximum Gasteiger partial charge on any atom is 0.230 e. The highest BCUT2D eigenvalue weighted by Crippen LogP contribution is 2.27. The second kappa shape index (κ2) is 8.51. The molecule has 3 rings (SSSR count). The number of hydrogen-bond acceptors (Lipinski definition) is 5. The Morgan fingerprint density at radius 3 is 2.84 bits per heavy atom. The number of thiophene rings is 1. The van der Waals surface area contributed by atoms with Crippen molar-refractivity contribution in [3.05, 3.63) is 52.4 Å². The third-order valence-electron chi connectivity index (χ3n) is 3.54. The molecule has 0 radical (unpaired) electrons. The molecule has 3 aromatic rings. The maximum absolute atomic E-state index is 12.1. The lowest BCUT2D eigenvalue weighted by Crippen LogP contribution is -2.24. The molecule has 5 nitrogen and oxygen atoms in total. The summed E-state index contributed by atoms with van der Waals surface area (Å²) in [5.41, 5.74) is 0.902. The smallest absolute Gasteiger partial charge is 0.230 e. The zero-order chi connectivity index (χ0) is 17.6. The van der Waals surface area contributed by atoms with Gasteiger partial charge in [0.25, 0.3) is 0 Å². The summed E-state index contributed by atoms with van der Waals surface area (Å²) in [5.74, 6) is 1.07. The lowest BCUT2D eigenvalue weighted by atomic mass is 10.2. The van der Waals surface area contributed by atoms with E-state index in [9.17, 15) is 4.79 Å². The molecular formula is C17H17ClN4OS2. The number of benzene rings is 1. The Morgan fingerprint density at radius 1 is 1.28 bits per heavy atom. The van der Waals surface area contributed by atoms with E-state index in [0.717, 1.165) is 28.0 Å². The van der Waals surface area contributed by atoms with Gasteiger partial charge in [-0.25, -0.2) is 0 Å². The molecule has 0 unspecified atom stereocenters. The number of nitrogens with one attached hydrogen (secondary N) is 1. The minimum Gasteiger partial charge on any atom is -0.351 e. The van der Waals surface area contributed by atoms with Crippen LogP contribution in [-0.2, 0) is 17.9 Å². The Balaban J connectivity index is 1.58. The predicted octanol–water partition coefficient (Wildman–Crippen LogP) is 4.09. The molecule has 0 saturated carbocycles. The van der Waals surface area contributed by atoms with Crippen LogP contribution >= 0.6 is 34.7 Å². The van der Waals surface area contributed by atoms with Crippen LogP contribution < -0.4 is 5.32 Å². The highest BCUT2D eigenvalue weighted by Gasteiger charge is 2.15. The van der Waals surface area contributed by atoms with Crippen LogP contribution in [0.4, 0.5) is 0 Å². The van der Waals surface area contributed by atoms with Crippen LogP contribution in [0, 0.1) is 0 Å². The molecule has 0 atom stereocenters. The van der Waals surface area contributed by atoms with Crippen molar-refractivity contribution in [2.45, 2.75) is 25.2 Å². The standard InChI is InChI=1S/C17H17ClN4OS2/c1-2-22-16(14-8-5-9-24-14)20-21-17(22)25-11-15(23)19-10-12-6-3-4-7-13(12)18/h3-9H,2,10-11H2,1H3,(H,19,23). The van der Waals surface area contributed by atoms with Crippen LogP contribution in [0.1, 0.15) is 12.5 Å². The minimum absolute atomic E-state index is 0.0618. The van der Waals surface area contributed by atoms with Crippen molar-refractivity contribution >= 4 is 40.6 Å². The van der Waals surface area contributed by atoms with E-state index < -0.39 is 0 Å². The molecule has 0 bridgehead atoms. The molecule has 0 aliphatic rings. The Labute approximate surface area is 159 Å². The van der Waals surface area contributed by atoms with E-state index >= 15 is 0 Å². The first-order valence-electron chi connectivity index (χ1n) is 7.79. The molecule has 0 saturated heterocycles. The van der Waals surface area contributed by atoms with Gasteiger partial charge in [0, 0.05) is 18.1 Å². The van der Waals surface area contributed by atoms with Crippen LogP contribution in [0.5, 0.6) is 0 Å². The molecule has 2 aromatic heterocycles. The summed E-state index contributed by atoms with van der Waals surface area (Å²) in [4.78, 5) is 13.2. The minimum atomic E-state index is -0.0618. The molecule has 0 aliphatic heterocycles. The number of carbonyl (C=O) groups excluding carboxylic acids is 1. The van der Waals surface area contributed by atoms with Crippen molar-refractivity contribution in [1.82, 2.24) is 20.1 Å². The monoisotopic (exact) mass is 392 g/mol. The van der Waals surface area contributed by atoms with Crippen LogP contribution in [-0.4, -0.2) is 26.4 Å². The molecule has 8 heteroatoms. The topological polar surface area (TPSA) is 59.8 Å². The van der Waals surface area contributed by atoms with Gasteiger partial charge in [0.1, 0.15) is 0 Å². The molecule has 1 N–H and O–H groups in total. The van der Waals surface area contributed by atoms with E-state index in [2.05, 4.69) is 15.5 Å². The quantitative estimate of drug-likeness (QED) is 0.615. The van der Waals surface area contributed by atoms with Crippen molar-refractivity contribution in [1.29, 1.82) is 0 Å². The molecule has 2 heterocycles. The van der Waals surface area contributed by atoms with Crippen LogP contribution in [0.2, 0.25) is 5.02 Å². The number of thioether (sulfide) groups is 1. The van der Waals surface area contributed by atoms with Crippen molar-refractivity contribution in [3.63, 3.8) is 0 Å². The third kappa shape index (κ3) is 4.42. The van der Waals surface area contributed by atoms with Crippen LogP contribution in [0.15, 0.2) is 46.9 Å². The summed E-state index contributed by atoms with van der Waals surface area (Å²) >= 11 is 9.11. The highest BCUT2D eigenvalue weighted by molar-refractivity contribution is 7.99. The number of aromatic nitrogens is 3. The molecular weight excluding hydrogens is 376 g/mol. The van der Waals surface area contributed by atoms with E-state index in [1.165, 1.54) is 11.8 Å². The lowest BCUT2D eigenvalue weighted by Gasteiger charge is -2.08. The second-order valence-electron chi connectivity index (χ2n) is 5.18. The molecule has 0 fully saturated rings. The molecule has 1 aromatic carbocycles. The first-order valence-corrected chi connectivity index (χ1v) is 10.0. The average molecular weight is 393 g/mol. The molecule has 1 amide bonds. The zero-order valence-corrected chi connectivity index (χ0v) is 16.0. The fourth-order valence-electron chi connectivity index (χ4n) is 2.29. The summed E-state index contributed by atoms with van der Waals surface area (Å²) < 4.78 is 2.03. The summed E-state index contributed by atoms with van der Waals surface area (Å²) in [6, 6.07) is 11.5.